The number of ether oxygens (including phenoxy) is 2. The van der Waals surface area contributed by atoms with Gasteiger partial charge in [0.2, 0.25) is 5.91 Å². The Hall–Kier alpha value is -3.20. The fraction of sp³-hybridized carbons (Fsp3) is 0.308. The average molecular weight is 567 g/mol. The lowest BCUT2D eigenvalue weighted by Gasteiger charge is -2.33. The van der Waals surface area contributed by atoms with Gasteiger partial charge in [0.1, 0.15) is 34.2 Å². The van der Waals surface area contributed by atoms with Gasteiger partial charge >= 0.3 is 0 Å². The highest BCUT2D eigenvalue weighted by Crippen LogP contribution is 2.52. The summed E-state index contributed by atoms with van der Waals surface area (Å²) in [6, 6.07) is 19.7. The molecular formula is C26H26N6O5S2. The Morgan fingerprint density at radius 3 is 2.36 bits per heavy atom. The number of aromatic nitrogens is 4. The van der Waals surface area contributed by atoms with Crippen LogP contribution in [0.2, 0.25) is 0 Å². The lowest BCUT2D eigenvalue weighted by atomic mass is 10.1. The second kappa shape index (κ2) is 10.8. The second-order valence-corrected chi connectivity index (χ2v) is 12.3. The summed E-state index contributed by atoms with van der Waals surface area (Å²) in [5, 5.41) is 24.6. The SMILES string of the molecule is Nc1ncnc2c1ncn2[C@@H]1O[C@H](COC2NC(=O)CC2(Sc2ccccc2)Sc2ccccc2)[C@@H](O)[C@H]1O. The highest BCUT2D eigenvalue weighted by atomic mass is 32.2. The van der Waals surface area contributed by atoms with Crippen LogP contribution in [-0.4, -0.2) is 70.9 Å². The molecule has 2 aromatic carbocycles. The molecule has 5 N–H and O–H groups in total. The highest BCUT2D eigenvalue weighted by molar-refractivity contribution is 8.18. The van der Waals surface area contributed by atoms with Crippen molar-refractivity contribution in [2.24, 2.45) is 0 Å². The number of carbonyl (C=O) groups is 1. The fourth-order valence-electron chi connectivity index (χ4n) is 4.71. The van der Waals surface area contributed by atoms with Crippen molar-refractivity contribution in [1.82, 2.24) is 24.8 Å². The molecule has 2 fully saturated rings. The lowest BCUT2D eigenvalue weighted by molar-refractivity contribution is -0.122. The Labute approximate surface area is 232 Å². The molecule has 11 nitrogen and oxygen atoms in total. The largest absolute Gasteiger partial charge is 0.387 e. The number of benzene rings is 2. The monoisotopic (exact) mass is 566 g/mol. The standard InChI is InChI=1S/C26H26N6O5S2/c27-22-19-23(29-13-28-22)32(14-30-19)24-21(35)20(34)17(37-24)12-36-25-26(11-18(33)31-25,38-15-7-3-1-4-8-15)39-16-9-5-2-6-10-16/h1-10,13-14,17,20-21,24-25,34-35H,11-12H2,(H,31,33)(H2,27,28,29)/t17-,20-,21-,24-,25?/m1/s1. The molecule has 2 aromatic heterocycles. The maximum atomic E-state index is 12.8. The molecule has 1 amide bonds. The third-order valence-electron chi connectivity index (χ3n) is 6.59. The summed E-state index contributed by atoms with van der Waals surface area (Å²) in [4.78, 5) is 27.1. The smallest absolute Gasteiger partial charge is 0.224 e. The summed E-state index contributed by atoms with van der Waals surface area (Å²) in [6.07, 6.45) is -2.10. The molecule has 6 rings (SSSR count). The van der Waals surface area contributed by atoms with E-state index in [0.29, 0.717) is 11.2 Å². The van der Waals surface area contributed by atoms with E-state index in [1.54, 1.807) is 23.5 Å². The minimum Gasteiger partial charge on any atom is -0.387 e. The van der Waals surface area contributed by atoms with Crippen molar-refractivity contribution in [3.8, 4) is 0 Å². The molecule has 13 heteroatoms. The van der Waals surface area contributed by atoms with Crippen LogP contribution in [0.4, 0.5) is 5.82 Å². The number of fused-ring (bicyclic) bond motifs is 1. The van der Waals surface area contributed by atoms with E-state index in [1.165, 1.54) is 17.2 Å². The quantitative estimate of drug-likeness (QED) is 0.232. The van der Waals surface area contributed by atoms with Crippen molar-refractivity contribution in [3.63, 3.8) is 0 Å². The number of aliphatic hydroxyl groups excluding tert-OH is 2. The zero-order valence-corrected chi connectivity index (χ0v) is 22.2. The maximum absolute atomic E-state index is 12.8. The van der Waals surface area contributed by atoms with Crippen LogP contribution in [0.15, 0.2) is 83.1 Å². The number of amides is 1. The number of thioether (sulfide) groups is 2. The molecule has 0 radical (unpaired) electrons. The Morgan fingerprint density at radius 1 is 1.03 bits per heavy atom. The normalized spacial score (nSPS) is 26.2. The summed E-state index contributed by atoms with van der Waals surface area (Å²) in [5.41, 5.74) is 6.63. The first-order valence-electron chi connectivity index (χ1n) is 12.3. The number of aliphatic hydroxyl groups is 2. The van der Waals surface area contributed by atoms with E-state index in [9.17, 15) is 15.0 Å². The average Bonchev–Trinajstić information content (AvgIpc) is 3.58. The van der Waals surface area contributed by atoms with Crippen LogP contribution in [0.5, 0.6) is 0 Å². The van der Waals surface area contributed by atoms with E-state index in [-0.39, 0.29) is 24.8 Å². The second-order valence-electron chi connectivity index (χ2n) is 9.23. The van der Waals surface area contributed by atoms with Gasteiger partial charge in [-0.05, 0) is 24.3 Å². The number of nitrogen functional groups attached to an aromatic ring is 1. The van der Waals surface area contributed by atoms with Crippen LogP contribution in [0.3, 0.4) is 0 Å². The number of anilines is 1. The molecule has 2 aliphatic heterocycles. The summed E-state index contributed by atoms with van der Waals surface area (Å²) >= 11 is 3.11. The zero-order valence-electron chi connectivity index (χ0n) is 20.5. The third kappa shape index (κ3) is 5.09. The first-order valence-corrected chi connectivity index (χ1v) is 13.9. The third-order valence-corrected chi connectivity index (χ3v) is 9.52. The number of carbonyl (C=O) groups excluding carboxylic acids is 1. The molecule has 2 saturated heterocycles. The number of nitrogens with zero attached hydrogens (tertiary/aromatic N) is 4. The highest BCUT2D eigenvalue weighted by Gasteiger charge is 2.51. The summed E-state index contributed by atoms with van der Waals surface area (Å²) in [5.74, 6) is 0.0617. The van der Waals surface area contributed by atoms with Crippen molar-refractivity contribution in [2.75, 3.05) is 12.3 Å². The molecule has 2 aliphatic rings. The van der Waals surface area contributed by atoms with Crippen LogP contribution < -0.4 is 11.1 Å². The molecular weight excluding hydrogens is 540 g/mol. The number of hydrogen-bond donors (Lipinski definition) is 4. The Morgan fingerprint density at radius 2 is 1.69 bits per heavy atom. The molecule has 4 heterocycles. The van der Waals surface area contributed by atoms with Crippen LogP contribution in [-0.2, 0) is 14.3 Å². The van der Waals surface area contributed by atoms with E-state index in [4.69, 9.17) is 15.2 Å². The first kappa shape index (κ1) is 26.0. The molecule has 4 aromatic rings. The molecule has 1 unspecified atom stereocenters. The van der Waals surface area contributed by atoms with E-state index in [1.807, 2.05) is 60.7 Å². The Bertz CT molecular complexity index is 1420. The van der Waals surface area contributed by atoms with Gasteiger partial charge in [-0.2, -0.15) is 0 Å². The van der Waals surface area contributed by atoms with Crippen molar-refractivity contribution in [3.05, 3.63) is 73.3 Å². The molecule has 0 aliphatic carbocycles. The van der Waals surface area contributed by atoms with E-state index >= 15 is 0 Å². The lowest BCUT2D eigenvalue weighted by Crippen LogP contribution is -2.43. The first-order chi connectivity index (χ1) is 18.9. The van der Waals surface area contributed by atoms with Crippen molar-refractivity contribution in [1.29, 1.82) is 0 Å². The van der Waals surface area contributed by atoms with Crippen molar-refractivity contribution in [2.45, 2.75) is 51.1 Å². The zero-order chi connectivity index (χ0) is 27.0. The van der Waals surface area contributed by atoms with Gasteiger partial charge in [-0.25, -0.2) is 15.0 Å². The van der Waals surface area contributed by atoms with Gasteiger partial charge in [-0.15, -0.1) is 23.5 Å². The van der Waals surface area contributed by atoms with Crippen molar-refractivity contribution >= 4 is 46.4 Å². The molecule has 0 spiro atoms. The minimum atomic E-state index is -1.27. The predicted octanol–water partition coefficient (Wildman–Crippen LogP) is 2.17. The maximum Gasteiger partial charge on any atom is 0.224 e. The van der Waals surface area contributed by atoms with Gasteiger partial charge in [0, 0.05) is 9.79 Å². The number of hydrogen-bond acceptors (Lipinski definition) is 11. The summed E-state index contributed by atoms with van der Waals surface area (Å²) in [6.45, 7) is -0.0735. The molecule has 0 bridgehead atoms. The topological polar surface area (TPSA) is 158 Å². The molecule has 39 heavy (non-hydrogen) atoms. The van der Waals surface area contributed by atoms with Crippen LogP contribution in [0.25, 0.3) is 11.2 Å². The minimum absolute atomic E-state index is 0.0735. The number of nitrogens with two attached hydrogens (primary N) is 1. The van der Waals surface area contributed by atoms with Gasteiger partial charge in [0.05, 0.1) is 19.4 Å². The Kier molecular flexibility index (Phi) is 7.18. The van der Waals surface area contributed by atoms with Crippen LogP contribution in [0, 0.1) is 0 Å². The van der Waals surface area contributed by atoms with E-state index in [2.05, 4.69) is 20.3 Å². The van der Waals surface area contributed by atoms with Crippen molar-refractivity contribution < 1.29 is 24.5 Å². The van der Waals surface area contributed by atoms with Gasteiger partial charge in [-0.3, -0.25) is 9.36 Å². The van der Waals surface area contributed by atoms with Gasteiger partial charge in [0.15, 0.2) is 23.9 Å². The molecule has 202 valence electrons. The van der Waals surface area contributed by atoms with Gasteiger partial charge < -0.3 is 30.7 Å². The van der Waals surface area contributed by atoms with E-state index < -0.39 is 34.8 Å². The van der Waals surface area contributed by atoms with Gasteiger partial charge in [-0.1, -0.05) is 36.4 Å². The summed E-state index contributed by atoms with van der Waals surface area (Å²) in [7, 11) is 0. The molecule has 0 saturated carbocycles. The van der Waals surface area contributed by atoms with E-state index in [0.717, 1.165) is 9.79 Å². The Balaban J connectivity index is 1.23. The summed E-state index contributed by atoms with van der Waals surface area (Å²) < 4.78 is 13.1. The van der Waals surface area contributed by atoms with Gasteiger partial charge in [0.25, 0.3) is 0 Å². The predicted molar refractivity (Wildman–Crippen MR) is 145 cm³/mol. The van der Waals surface area contributed by atoms with Crippen LogP contribution in [0.1, 0.15) is 12.6 Å². The number of rotatable bonds is 8. The fourth-order valence-corrected chi connectivity index (χ4v) is 7.72. The number of nitrogens with one attached hydrogen (secondary N) is 1. The number of imidazole rings is 1. The van der Waals surface area contributed by atoms with Crippen LogP contribution >= 0.6 is 23.5 Å². The molecule has 5 atom stereocenters.